The van der Waals surface area contributed by atoms with Crippen molar-refractivity contribution in [3.63, 3.8) is 0 Å². The number of fused-ring (bicyclic) bond motifs is 1. The molecule has 0 saturated carbocycles. The number of carbonyl (C=O) groups is 1. The Labute approximate surface area is 128 Å². The van der Waals surface area contributed by atoms with Crippen molar-refractivity contribution >= 4 is 5.97 Å². The first kappa shape index (κ1) is 14.4. The minimum Gasteiger partial charge on any atom is -0.480 e. The number of hydrogen-bond donors (Lipinski definition) is 2. The zero-order valence-electron chi connectivity index (χ0n) is 12.0. The van der Waals surface area contributed by atoms with Gasteiger partial charge in [-0.15, -0.1) is 0 Å². The Morgan fingerprint density at radius 1 is 1.14 bits per heavy atom. The summed E-state index contributed by atoms with van der Waals surface area (Å²) in [6.45, 7) is 0.757. The van der Waals surface area contributed by atoms with Crippen molar-refractivity contribution in [2.75, 3.05) is 13.3 Å². The number of nitrogens with one attached hydrogen (secondary N) is 1. The van der Waals surface area contributed by atoms with Crippen molar-refractivity contribution in [2.24, 2.45) is 0 Å². The van der Waals surface area contributed by atoms with Crippen molar-refractivity contribution in [1.29, 1.82) is 0 Å². The van der Waals surface area contributed by atoms with Gasteiger partial charge in [0.05, 0.1) is 0 Å². The van der Waals surface area contributed by atoms with E-state index in [1.165, 1.54) is 5.56 Å². The van der Waals surface area contributed by atoms with Crippen LogP contribution in [0, 0.1) is 0 Å². The second-order valence-electron chi connectivity index (χ2n) is 5.07. The van der Waals surface area contributed by atoms with Gasteiger partial charge in [-0.1, -0.05) is 36.4 Å². The van der Waals surface area contributed by atoms with E-state index in [9.17, 15) is 9.90 Å². The third kappa shape index (κ3) is 3.20. The summed E-state index contributed by atoms with van der Waals surface area (Å²) in [5, 5.41) is 12.5. The molecule has 0 aliphatic carbocycles. The highest BCUT2D eigenvalue weighted by atomic mass is 16.7. The number of ether oxygens (including phenoxy) is 2. The number of aliphatic carboxylic acids is 1. The molecule has 0 aromatic heterocycles. The lowest BCUT2D eigenvalue weighted by Gasteiger charge is -2.15. The molecule has 1 heterocycles. The SMILES string of the molecule is O=C(O)C(NCCc1ccccc1)c1ccc2c(c1)OCO2. The van der Waals surface area contributed by atoms with E-state index in [1.807, 2.05) is 30.3 Å². The van der Waals surface area contributed by atoms with Crippen molar-refractivity contribution in [3.8, 4) is 11.5 Å². The number of benzene rings is 2. The summed E-state index contributed by atoms with van der Waals surface area (Å²) < 4.78 is 10.5. The standard InChI is InChI=1S/C17H17NO4/c19-17(20)16(18-9-8-12-4-2-1-3-5-12)13-6-7-14-15(10-13)22-11-21-14/h1-7,10,16,18H,8-9,11H2,(H,19,20). The molecule has 2 N–H and O–H groups in total. The van der Waals surface area contributed by atoms with Crippen molar-refractivity contribution in [3.05, 3.63) is 59.7 Å². The van der Waals surface area contributed by atoms with Crippen LogP contribution in [0.4, 0.5) is 0 Å². The van der Waals surface area contributed by atoms with E-state index in [4.69, 9.17) is 9.47 Å². The first-order chi connectivity index (χ1) is 10.7. The summed E-state index contributed by atoms with van der Waals surface area (Å²) in [6.07, 6.45) is 0.773. The topological polar surface area (TPSA) is 67.8 Å². The highest BCUT2D eigenvalue weighted by molar-refractivity contribution is 5.76. The maximum atomic E-state index is 11.5. The first-order valence-corrected chi connectivity index (χ1v) is 7.14. The highest BCUT2D eigenvalue weighted by Gasteiger charge is 2.22. The Kier molecular flexibility index (Phi) is 4.25. The summed E-state index contributed by atoms with van der Waals surface area (Å²) in [7, 11) is 0. The smallest absolute Gasteiger partial charge is 0.325 e. The Morgan fingerprint density at radius 3 is 2.68 bits per heavy atom. The normalized spacial score (nSPS) is 13.8. The van der Waals surface area contributed by atoms with Crippen LogP contribution in [0.3, 0.4) is 0 Å². The minimum absolute atomic E-state index is 0.179. The maximum Gasteiger partial charge on any atom is 0.325 e. The molecule has 114 valence electrons. The van der Waals surface area contributed by atoms with E-state index < -0.39 is 12.0 Å². The van der Waals surface area contributed by atoms with E-state index in [1.54, 1.807) is 18.2 Å². The predicted octanol–water partition coefficient (Wildman–Crippen LogP) is 2.37. The third-order valence-electron chi connectivity index (χ3n) is 3.58. The number of hydrogen-bond acceptors (Lipinski definition) is 4. The van der Waals surface area contributed by atoms with E-state index in [0.717, 1.165) is 6.42 Å². The van der Waals surface area contributed by atoms with Gasteiger partial charge in [0.25, 0.3) is 0 Å². The fourth-order valence-electron chi connectivity index (χ4n) is 2.45. The van der Waals surface area contributed by atoms with Gasteiger partial charge < -0.3 is 19.9 Å². The van der Waals surface area contributed by atoms with E-state index in [0.29, 0.717) is 23.6 Å². The summed E-state index contributed by atoms with van der Waals surface area (Å²) in [5.74, 6) is 0.331. The van der Waals surface area contributed by atoms with Gasteiger partial charge in [0.15, 0.2) is 11.5 Å². The zero-order chi connectivity index (χ0) is 15.4. The molecule has 1 atom stereocenters. The molecule has 1 aliphatic rings. The summed E-state index contributed by atoms with van der Waals surface area (Å²) in [4.78, 5) is 11.5. The Morgan fingerprint density at radius 2 is 1.91 bits per heavy atom. The van der Waals surface area contributed by atoms with Crippen LogP contribution in [0.25, 0.3) is 0 Å². The Bertz CT molecular complexity index is 657. The van der Waals surface area contributed by atoms with E-state index in [2.05, 4.69) is 5.32 Å². The predicted molar refractivity (Wildman–Crippen MR) is 81.1 cm³/mol. The fourth-order valence-corrected chi connectivity index (χ4v) is 2.45. The molecule has 1 unspecified atom stereocenters. The Balaban J connectivity index is 1.66. The summed E-state index contributed by atoms with van der Waals surface area (Å²) in [5.41, 5.74) is 1.83. The number of carboxylic acids is 1. The van der Waals surface area contributed by atoms with Gasteiger partial charge in [-0.3, -0.25) is 4.79 Å². The van der Waals surface area contributed by atoms with Crippen LogP contribution in [-0.4, -0.2) is 24.4 Å². The number of rotatable bonds is 6. The molecule has 0 bridgehead atoms. The molecular weight excluding hydrogens is 282 g/mol. The lowest BCUT2D eigenvalue weighted by Crippen LogP contribution is -2.30. The quantitative estimate of drug-likeness (QED) is 0.857. The molecule has 5 nitrogen and oxygen atoms in total. The lowest BCUT2D eigenvalue weighted by atomic mass is 10.1. The van der Waals surface area contributed by atoms with Crippen molar-refractivity contribution in [1.82, 2.24) is 5.32 Å². The maximum absolute atomic E-state index is 11.5. The van der Waals surface area contributed by atoms with Crippen LogP contribution >= 0.6 is 0 Å². The van der Waals surface area contributed by atoms with Gasteiger partial charge in [0, 0.05) is 6.54 Å². The molecule has 3 rings (SSSR count). The largest absolute Gasteiger partial charge is 0.480 e. The molecule has 2 aromatic carbocycles. The van der Waals surface area contributed by atoms with Crippen LogP contribution in [0.1, 0.15) is 17.2 Å². The molecular formula is C17H17NO4. The number of carboxylic acid groups (broad SMARTS) is 1. The van der Waals surface area contributed by atoms with E-state index in [-0.39, 0.29) is 6.79 Å². The summed E-state index contributed by atoms with van der Waals surface area (Å²) >= 11 is 0. The molecule has 0 radical (unpaired) electrons. The van der Waals surface area contributed by atoms with Crippen LogP contribution in [-0.2, 0) is 11.2 Å². The first-order valence-electron chi connectivity index (χ1n) is 7.14. The van der Waals surface area contributed by atoms with Gasteiger partial charge in [-0.25, -0.2) is 0 Å². The molecule has 0 fully saturated rings. The van der Waals surface area contributed by atoms with Crippen LogP contribution in [0.5, 0.6) is 11.5 Å². The van der Waals surface area contributed by atoms with E-state index >= 15 is 0 Å². The minimum atomic E-state index is -0.910. The lowest BCUT2D eigenvalue weighted by molar-refractivity contribution is -0.139. The van der Waals surface area contributed by atoms with Gasteiger partial charge in [0.2, 0.25) is 6.79 Å². The molecule has 5 heteroatoms. The molecule has 1 aliphatic heterocycles. The van der Waals surface area contributed by atoms with Crippen molar-refractivity contribution in [2.45, 2.75) is 12.5 Å². The average molecular weight is 299 g/mol. The Hall–Kier alpha value is -2.53. The van der Waals surface area contributed by atoms with Gasteiger partial charge >= 0.3 is 5.97 Å². The highest BCUT2D eigenvalue weighted by Crippen LogP contribution is 2.34. The van der Waals surface area contributed by atoms with Crippen LogP contribution < -0.4 is 14.8 Å². The second kappa shape index (κ2) is 6.49. The second-order valence-corrected chi connectivity index (χ2v) is 5.07. The van der Waals surface area contributed by atoms with Gasteiger partial charge in [0.1, 0.15) is 6.04 Å². The van der Waals surface area contributed by atoms with Gasteiger partial charge in [-0.05, 0) is 29.7 Å². The molecule has 2 aromatic rings. The molecule has 0 amide bonds. The fraction of sp³-hybridized carbons (Fsp3) is 0.235. The van der Waals surface area contributed by atoms with Crippen molar-refractivity contribution < 1.29 is 19.4 Å². The molecule has 0 saturated heterocycles. The van der Waals surface area contributed by atoms with Gasteiger partial charge in [-0.2, -0.15) is 0 Å². The molecule has 22 heavy (non-hydrogen) atoms. The van der Waals surface area contributed by atoms with Crippen LogP contribution in [0.2, 0.25) is 0 Å². The molecule has 0 spiro atoms. The summed E-state index contributed by atoms with van der Waals surface area (Å²) in [6, 6.07) is 14.4. The third-order valence-corrected chi connectivity index (χ3v) is 3.58. The average Bonchev–Trinajstić information content (AvgIpc) is 2.99. The zero-order valence-corrected chi connectivity index (χ0v) is 12.0. The monoisotopic (exact) mass is 299 g/mol. The van der Waals surface area contributed by atoms with Crippen LogP contribution in [0.15, 0.2) is 48.5 Å².